The third-order valence-corrected chi connectivity index (χ3v) is 8.44. The summed E-state index contributed by atoms with van der Waals surface area (Å²) in [7, 11) is 0. The van der Waals surface area contributed by atoms with E-state index < -0.39 is 78.2 Å². The van der Waals surface area contributed by atoms with Gasteiger partial charge in [-0.25, -0.2) is 0 Å². The van der Waals surface area contributed by atoms with Gasteiger partial charge in [-0.1, -0.05) is 34.6 Å². The van der Waals surface area contributed by atoms with Crippen molar-refractivity contribution in [3.8, 4) is 0 Å². The average molecular weight is 516 g/mol. The van der Waals surface area contributed by atoms with Crippen LogP contribution in [0.2, 0.25) is 0 Å². The van der Waals surface area contributed by atoms with Crippen molar-refractivity contribution in [2.75, 3.05) is 0 Å². The zero-order valence-corrected chi connectivity index (χ0v) is 22.5. The van der Waals surface area contributed by atoms with Crippen LogP contribution in [-0.4, -0.2) is 81.8 Å². The van der Waals surface area contributed by atoms with Crippen LogP contribution in [0.5, 0.6) is 0 Å². The summed E-state index contributed by atoms with van der Waals surface area (Å²) < 4.78 is 23.2. The standard InChI is InChI=1S/C26H45NO9/c1-8-17-12(3)20(29)13(4)19(28)11(2)10-26(7,32)23(30)14(5)21(15(6)24(31)33-17)34-18-9-16(27)22-25(35-18)36-22/h11-18,20-23,25,29-30,32H,8-10,27H2,1-7H3/t11-,12+,13+,14+,15-,16?,17-,18-,20+,21+,22+,23-,25?,26-/m1/s1. The second-order valence-electron chi connectivity index (χ2n) is 11.5. The molecule has 2 unspecified atom stereocenters. The van der Waals surface area contributed by atoms with E-state index in [1.165, 1.54) is 6.92 Å². The van der Waals surface area contributed by atoms with Gasteiger partial charge in [-0.15, -0.1) is 0 Å². The lowest BCUT2D eigenvalue weighted by atomic mass is 9.75. The van der Waals surface area contributed by atoms with Gasteiger partial charge in [-0.3, -0.25) is 9.59 Å². The van der Waals surface area contributed by atoms with Crippen molar-refractivity contribution in [2.24, 2.45) is 35.3 Å². The van der Waals surface area contributed by atoms with Crippen LogP contribution < -0.4 is 5.73 Å². The summed E-state index contributed by atoms with van der Waals surface area (Å²) in [6.07, 6.45) is -4.48. The Labute approximate surface area is 213 Å². The third-order valence-electron chi connectivity index (χ3n) is 8.44. The number of carbonyl (C=O) groups excluding carboxylic acids is 2. The number of hydrogen-bond acceptors (Lipinski definition) is 10. The van der Waals surface area contributed by atoms with Crippen molar-refractivity contribution < 1.29 is 43.9 Å². The number of esters is 1. The highest BCUT2D eigenvalue weighted by atomic mass is 16.8. The molecule has 14 atom stereocenters. The Hall–Kier alpha value is -1.14. The van der Waals surface area contributed by atoms with Crippen molar-refractivity contribution in [3.63, 3.8) is 0 Å². The molecule has 3 fully saturated rings. The first-order valence-electron chi connectivity index (χ1n) is 13.2. The molecule has 3 rings (SSSR count). The SMILES string of the molecule is CC[C@H]1OC(=O)[C@H](C)[C@@H](O[C@H]2CC(N)[C@@H]3OC3O2)[C@H](C)[C@@H](O)[C@](C)(O)C[C@@H](C)C(=O)[C@H](C)[C@@H](O)[C@H]1C. The number of nitrogens with two attached hydrogens (primary N) is 1. The van der Waals surface area contributed by atoms with E-state index in [1.54, 1.807) is 34.6 Å². The molecule has 0 amide bonds. The minimum Gasteiger partial charge on any atom is -0.462 e. The smallest absolute Gasteiger partial charge is 0.311 e. The summed E-state index contributed by atoms with van der Waals surface area (Å²) in [6.45, 7) is 11.8. The molecule has 0 aromatic carbocycles. The topological polar surface area (TPSA) is 161 Å². The van der Waals surface area contributed by atoms with Crippen LogP contribution in [0.3, 0.4) is 0 Å². The number of epoxide rings is 1. The lowest BCUT2D eigenvalue weighted by Crippen LogP contribution is -2.53. The Morgan fingerprint density at radius 1 is 1.06 bits per heavy atom. The van der Waals surface area contributed by atoms with E-state index in [0.717, 1.165) is 0 Å². The van der Waals surface area contributed by atoms with Gasteiger partial charge in [-0.2, -0.15) is 0 Å². The molecule has 3 saturated heterocycles. The van der Waals surface area contributed by atoms with Crippen LogP contribution in [0.15, 0.2) is 0 Å². The fourth-order valence-electron chi connectivity index (χ4n) is 5.88. The first kappa shape index (κ1) is 29.4. The summed E-state index contributed by atoms with van der Waals surface area (Å²) in [5, 5.41) is 33.5. The molecule has 3 aliphatic rings. The maximum atomic E-state index is 13.3. The van der Waals surface area contributed by atoms with Gasteiger partial charge in [0.25, 0.3) is 0 Å². The van der Waals surface area contributed by atoms with Crippen LogP contribution in [0, 0.1) is 29.6 Å². The van der Waals surface area contributed by atoms with Crippen LogP contribution in [0.4, 0.5) is 0 Å². The number of cyclic esters (lactones) is 1. The number of ether oxygens (including phenoxy) is 4. The molecule has 0 saturated carbocycles. The van der Waals surface area contributed by atoms with Crippen LogP contribution in [-0.2, 0) is 28.5 Å². The summed E-state index contributed by atoms with van der Waals surface area (Å²) in [4.78, 5) is 26.4. The molecule has 36 heavy (non-hydrogen) atoms. The van der Waals surface area contributed by atoms with E-state index in [9.17, 15) is 24.9 Å². The molecule has 5 N–H and O–H groups in total. The predicted molar refractivity (Wildman–Crippen MR) is 129 cm³/mol. The summed E-state index contributed by atoms with van der Waals surface area (Å²) in [5.74, 6) is -4.19. The van der Waals surface area contributed by atoms with Crippen LogP contribution in [0.25, 0.3) is 0 Å². The van der Waals surface area contributed by atoms with Gasteiger partial charge in [0, 0.05) is 36.1 Å². The number of ketones is 1. The normalized spacial score (nSPS) is 51.1. The van der Waals surface area contributed by atoms with Gasteiger partial charge < -0.3 is 40.0 Å². The predicted octanol–water partition coefficient (Wildman–Crippen LogP) is 1.12. The van der Waals surface area contributed by atoms with Crippen LogP contribution in [0.1, 0.15) is 67.7 Å². The third kappa shape index (κ3) is 6.11. The second kappa shape index (κ2) is 11.3. The second-order valence-corrected chi connectivity index (χ2v) is 11.5. The lowest BCUT2D eigenvalue weighted by molar-refractivity contribution is -0.236. The molecule has 0 aromatic heterocycles. The highest BCUT2D eigenvalue weighted by Crippen LogP contribution is 2.38. The van der Waals surface area contributed by atoms with Crippen molar-refractivity contribution in [1.29, 1.82) is 0 Å². The quantitative estimate of drug-likeness (QED) is 0.317. The molecule has 0 spiro atoms. The highest BCUT2D eigenvalue weighted by molar-refractivity contribution is 5.83. The molecular formula is C26H45NO9. The van der Waals surface area contributed by atoms with Gasteiger partial charge in [0.1, 0.15) is 18.0 Å². The minimum absolute atomic E-state index is 0.0199. The van der Waals surface area contributed by atoms with Crippen molar-refractivity contribution in [2.45, 2.75) is 122 Å². The first-order chi connectivity index (χ1) is 16.7. The first-order valence-corrected chi connectivity index (χ1v) is 13.2. The number of Topliss-reactive ketones (excluding diaryl/α,β-unsaturated/α-hetero) is 1. The number of fused-ring (bicyclic) bond motifs is 1. The van der Waals surface area contributed by atoms with E-state index in [2.05, 4.69) is 0 Å². The molecule has 10 nitrogen and oxygen atoms in total. The zero-order chi connectivity index (χ0) is 27.1. The highest BCUT2D eigenvalue weighted by Gasteiger charge is 2.53. The molecule has 0 aliphatic carbocycles. The van der Waals surface area contributed by atoms with E-state index in [4.69, 9.17) is 24.7 Å². The number of aliphatic hydroxyl groups is 3. The fraction of sp³-hybridized carbons (Fsp3) is 0.923. The lowest BCUT2D eigenvalue weighted by Gasteiger charge is -2.41. The van der Waals surface area contributed by atoms with Gasteiger partial charge >= 0.3 is 5.97 Å². The largest absolute Gasteiger partial charge is 0.462 e. The molecule has 10 heteroatoms. The fourth-order valence-corrected chi connectivity index (χ4v) is 5.88. The van der Waals surface area contributed by atoms with Gasteiger partial charge in [0.2, 0.25) is 0 Å². The Morgan fingerprint density at radius 3 is 2.28 bits per heavy atom. The molecule has 0 bridgehead atoms. The molecule has 0 radical (unpaired) electrons. The van der Waals surface area contributed by atoms with Gasteiger partial charge in [0.05, 0.1) is 29.8 Å². The maximum Gasteiger partial charge on any atom is 0.311 e. The van der Waals surface area contributed by atoms with E-state index in [1.807, 2.05) is 6.92 Å². The van der Waals surface area contributed by atoms with E-state index in [-0.39, 0.29) is 24.3 Å². The molecular weight excluding hydrogens is 470 g/mol. The minimum atomic E-state index is -1.67. The summed E-state index contributed by atoms with van der Waals surface area (Å²) in [6, 6.07) is -0.279. The van der Waals surface area contributed by atoms with E-state index in [0.29, 0.717) is 12.8 Å². The monoisotopic (exact) mass is 515 g/mol. The molecule has 0 aromatic rings. The number of carbonyl (C=O) groups is 2. The Balaban J connectivity index is 1.93. The van der Waals surface area contributed by atoms with Crippen LogP contribution >= 0.6 is 0 Å². The number of rotatable bonds is 3. The van der Waals surface area contributed by atoms with Crippen molar-refractivity contribution in [3.05, 3.63) is 0 Å². The van der Waals surface area contributed by atoms with Gasteiger partial charge in [0.15, 0.2) is 12.6 Å². The van der Waals surface area contributed by atoms with Crippen molar-refractivity contribution in [1.82, 2.24) is 0 Å². The average Bonchev–Trinajstić information content (AvgIpc) is 3.62. The van der Waals surface area contributed by atoms with Crippen molar-refractivity contribution >= 4 is 11.8 Å². The van der Waals surface area contributed by atoms with E-state index >= 15 is 0 Å². The Kier molecular flexibility index (Phi) is 9.24. The molecule has 3 heterocycles. The zero-order valence-electron chi connectivity index (χ0n) is 22.5. The number of hydrogen-bond donors (Lipinski definition) is 4. The Morgan fingerprint density at radius 2 is 1.69 bits per heavy atom. The summed E-state index contributed by atoms with van der Waals surface area (Å²) >= 11 is 0. The maximum absolute atomic E-state index is 13.3. The van der Waals surface area contributed by atoms with Gasteiger partial charge in [-0.05, 0) is 26.7 Å². The summed E-state index contributed by atoms with van der Waals surface area (Å²) in [5.41, 5.74) is 4.47. The molecule has 3 aliphatic heterocycles. The Bertz CT molecular complexity index is 791. The number of aliphatic hydroxyl groups excluding tert-OH is 2. The molecule has 208 valence electrons.